The van der Waals surface area contributed by atoms with Gasteiger partial charge in [0.1, 0.15) is 0 Å². The van der Waals surface area contributed by atoms with Crippen LogP contribution in [0.3, 0.4) is 0 Å². The van der Waals surface area contributed by atoms with Crippen LogP contribution >= 0.6 is 0 Å². The van der Waals surface area contributed by atoms with Gasteiger partial charge in [-0.05, 0) is 18.2 Å². The molecule has 2 rings (SSSR count). The standard InChI is InChI=1S/C12H12FNO3/c1-14(2)6-9(13)12(15)8-3-4-10-11(5-8)17-7-16-10/h3-6H,7H2,1-2H3. The minimum Gasteiger partial charge on any atom is -0.454 e. The molecule has 0 spiro atoms. The summed E-state index contributed by atoms with van der Waals surface area (Å²) in [5, 5.41) is 0. The van der Waals surface area contributed by atoms with E-state index in [1.807, 2.05) is 0 Å². The third-order valence-electron chi connectivity index (χ3n) is 2.22. The van der Waals surface area contributed by atoms with Gasteiger partial charge in [0.05, 0.1) is 0 Å². The Morgan fingerprint density at radius 3 is 2.76 bits per heavy atom. The molecule has 0 saturated heterocycles. The van der Waals surface area contributed by atoms with Crippen molar-refractivity contribution in [3.8, 4) is 11.5 Å². The molecule has 0 aliphatic carbocycles. The molecule has 0 atom stereocenters. The molecule has 0 amide bonds. The molecular weight excluding hydrogens is 225 g/mol. The monoisotopic (exact) mass is 237 g/mol. The van der Waals surface area contributed by atoms with Crippen LogP contribution < -0.4 is 9.47 Å². The number of rotatable bonds is 3. The number of nitrogens with zero attached hydrogens (tertiary/aromatic N) is 1. The van der Waals surface area contributed by atoms with Gasteiger partial charge in [0.25, 0.3) is 0 Å². The van der Waals surface area contributed by atoms with Crippen LogP contribution in [0.2, 0.25) is 0 Å². The number of hydrogen-bond acceptors (Lipinski definition) is 4. The molecule has 1 aromatic carbocycles. The number of ketones is 1. The fourth-order valence-corrected chi connectivity index (χ4v) is 1.46. The first kappa shape index (κ1) is 11.4. The molecule has 0 fully saturated rings. The van der Waals surface area contributed by atoms with Gasteiger partial charge < -0.3 is 14.4 Å². The summed E-state index contributed by atoms with van der Waals surface area (Å²) in [6.45, 7) is 0.128. The van der Waals surface area contributed by atoms with Gasteiger partial charge in [0.15, 0.2) is 17.3 Å². The molecule has 0 aromatic heterocycles. The number of Topliss-reactive ketones (excluding diaryl/α,β-unsaturated/α-hetero) is 1. The SMILES string of the molecule is CN(C)C=C(F)C(=O)c1ccc2c(c1)OCO2. The number of hydrogen-bond donors (Lipinski definition) is 0. The molecule has 0 saturated carbocycles. The Hall–Kier alpha value is -2.04. The molecule has 17 heavy (non-hydrogen) atoms. The van der Waals surface area contributed by atoms with Gasteiger partial charge in [-0.25, -0.2) is 4.39 Å². The molecule has 5 heteroatoms. The number of allylic oxidation sites excluding steroid dienone is 1. The molecule has 90 valence electrons. The molecule has 4 nitrogen and oxygen atoms in total. The number of carbonyl (C=O) groups excluding carboxylic acids is 1. The molecule has 1 aliphatic rings. The van der Waals surface area contributed by atoms with E-state index in [1.54, 1.807) is 20.2 Å². The highest BCUT2D eigenvalue weighted by Gasteiger charge is 2.18. The molecule has 0 bridgehead atoms. The van der Waals surface area contributed by atoms with Crippen molar-refractivity contribution in [3.63, 3.8) is 0 Å². The van der Waals surface area contributed by atoms with Gasteiger partial charge in [0.2, 0.25) is 12.6 Å². The molecule has 1 aliphatic heterocycles. The Labute approximate surface area is 98.2 Å². The van der Waals surface area contributed by atoms with Crippen molar-refractivity contribution in [2.24, 2.45) is 0 Å². The largest absolute Gasteiger partial charge is 0.454 e. The number of ether oxygens (including phenoxy) is 2. The van der Waals surface area contributed by atoms with Crippen LogP contribution in [0, 0.1) is 0 Å². The van der Waals surface area contributed by atoms with E-state index in [9.17, 15) is 9.18 Å². The second-order valence-electron chi connectivity index (χ2n) is 3.84. The molecule has 0 radical (unpaired) electrons. The summed E-state index contributed by atoms with van der Waals surface area (Å²) in [5.74, 6) is -0.446. The average Bonchev–Trinajstić information content (AvgIpc) is 2.73. The van der Waals surface area contributed by atoms with Crippen molar-refractivity contribution in [1.82, 2.24) is 4.90 Å². The third kappa shape index (κ3) is 2.38. The normalized spacial score (nSPS) is 13.7. The average molecular weight is 237 g/mol. The number of carbonyl (C=O) groups is 1. The Morgan fingerprint density at radius 2 is 2.06 bits per heavy atom. The highest BCUT2D eigenvalue weighted by molar-refractivity contribution is 6.07. The molecule has 0 unspecified atom stereocenters. The van der Waals surface area contributed by atoms with Crippen molar-refractivity contribution in [2.75, 3.05) is 20.9 Å². The van der Waals surface area contributed by atoms with Crippen LogP contribution in [0.15, 0.2) is 30.2 Å². The van der Waals surface area contributed by atoms with Crippen LogP contribution in [0.1, 0.15) is 10.4 Å². The van der Waals surface area contributed by atoms with Crippen LogP contribution in [0.5, 0.6) is 11.5 Å². The number of benzene rings is 1. The lowest BCUT2D eigenvalue weighted by Crippen LogP contribution is -2.07. The lowest BCUT2D eigenvalue weighted by Gasteiger charge is -2.05. The predicted octanol–water partition coefficient (Wildman–Crippen LogP) is 1.97. The van der Waals surface area contributed by atoms with Gasteiger partial charge in [0, 0.05) is 25.9 Å². The first-order valence-corrected chi connectivity index (χ1v) is 5.06. The van der Waals surface area contributed by atoms with Crippen LogP contribution in [-0.4, -0.2) is 31.6 Å². The topological polar surface area (TPSA) is 38.8 Å². The first-order chi connectivity index (χ1) is 8.08. The van der Waals surface area contributed by atoms with E-state index < -0.39 is 11.6 Å². The lowest BCUT2D eigenvalue weighted by molar-refractivity contribution is 0.100. The highest BCUT2D eigenvalue weighted by Crippen LogP contribution is 2.33. The third-order valence-corrected chi connectivity index (χ3v) is 2.22. The smallest absolute Gasteiger partial charge is 0.231 e. The Balaban J connectivity index is 2.26. The minimum absolute atomic E-state index is 0.128. The molecular formula is C12H12FNO3. The van der Waals surface area contributed by atoms with E-state index >= 15 is 0 Å². The summed E-state index contributed by atoms with van der Waals surface area (Å²) in [6.07, 6.45) is 1.13. The predicted molar refractivity (Wildman–Crippen MR) is 59.8 cm³/mol. The zero-order chi connectivity index (χ0) is 12.4. The summed E-state index contributed by atoms with van der Waals surface area (Å²) in [5.41, 5.74) is 0.241. The number of halogens is 1. The van der Waals surface area contributed by atoms with Crippen molar-refractivity contribution < 1.29 is 18.7 Å². The van der Waals surface area contributed by atoms with E-state index in [-0.39, 0.29) is 12.4 Å². The van der Waals surface area contributed by atoms with Gasteiger partial charge in [-0.15, -0.1) is 0 Å². The molecule has 1 aromatic rings. The van der Waals surface area contributed by atoms with E-state index in [1.165, 1.54) is 17.0 Å². The van der Waals surface area contributed by atoms with Crippen molar-refractivity contribution in [1.29, 1.82) is 0 Å². The summed E-state index contributed by atoms with van der Waals surface area (Å²) >= 11 is 0. The van der Waals surface area contributed by atoms with Crippen LogP contribution in [0.25, 0.3) is 0 Å². The van der Waals surface area contributed by atoms with Crippen molar-refractivity contribution in [2.45, 2.75) is 0 Å². The fraction of sp³-hybridized carbons (Fsp3) is 0.250. The van der Waals surface area contributed by atoms with E-state index in [0.717, 1.165) is 6.20 Å². The summed E-state index contributed by atoms with van der Waals surface area (Å²) in [6, 6.07) is 4.59. The van der Waals surface area contributed by atoms with Crippen molar-refractivity contribution >= 4 is 5.78 Å². The second-order valence-corrected chi connectivity index (χ2v) is 3.84. The zero-order valence-corrected chi connectivity index (χ0v) is 9.57. The molecule has 1 heterocycles. The van der Waals surface area contributed by atoms with Gasteiger partial charge in [-0.2, -0.15) is 0 Å². The number of fused-ring (bicyclic) bond motifs is 1. The highest BCUT2D eigenvalue weighted by atomic mass is 19.1. The fourth-order valence-electron chi connectivity index (χ4n) is 1.46. The lowest BCUT2D eigenvalue weighted by atomic mass is 10.1. The first-order valence-electron chi connectivity index (χ1n) is 5.06. The van der Waals surface area contributed by atoms with Gasteiger partial charge in [-0.1, -0.05) is 0 Å². The van der Waals surface area contributed by atoms with E-state index in [4.69, 9.17) is 9.47 Å². The summed E-state index contributed by atoms with van der Waals surface area (Å²) in [7, 11) is 3.29. The second kappa shape index (κ2) is 4.45. The minimum atomic E-state index is -0.811. The van der Waals surface area contributed by atoms with E-state index in [2.05, 4.69) is 0 Å². The maximum absolute atomic E-state index is 13.5. The van der Waals surface area contributed by atoms with Crippen LogP contribution in [-0.2, 0) is 0 Å². The summed E-state index contributed by atoms with van der Waals surface area (Å²) in [4.78, 5) is 13.2. The maximum Gasteiger partial charge on any atom is 0.231 e. The van der Waals surface area contributed by atoms with Gasteiger partial charge in [-0.3, -0.25) is 4.79 Å². The molecule has 0 N–H and O–H groups in total. The Bertz CT molecular complexity index is 483. The Morgan fingerprint density at radius 1 is 1.35 bits per heavy atom. The van der Waals surface area contributed by atoms with Crippen molar-refractivity contribution in [3.05, 3.63) is 35.8 Å². The Kier molecular flexibility index (Phi) is 2.99. The van der Waals surface area contributed by atoms with Gasteiger partial charge >= 0.3 is 0 Å². The quantitative estimate of drug-likeness (QED) is 0.595. The maximum atomic E-state index is 13.5. The van der Waals surface area contributed by atoms with Crippen LogP contribution in [0.4, 0.5) is 4.39 Å². The van der Waals surface area contributed by atoms with E-state index in [0.29, 0.717) is 11.5 Å². The zero-order valence-electron chi connectivity index (χ0n) is 9.57. The summed E-state index contributed by atoms with van der Waals surface area (Å²) < 4.78 is 23.7.